The van der Waals surface area contributed by atoms with Gasteiger partial charge in [-0.2, -0.15) is 0 Å². The minimum absolute atomic E-state index is 0. The van der Waals surface area contributed by atoms with E-state index in [9.17, 15) is 9.90 Å². The SMILES string of the molecule is CCCCCCC(C(=O)O)C(CC)CCC.[Nd]. The maximum absolute atomic E-state index is 11.2. The van der Waals surface area contributed by atoms with Crippen LogP contribution in [0.3, 0.4) is 0 Å². The molecule has 0 spiro atoms. The van der Waals surface area contributed by atoms with Crippen LogP contribution in [-0.2, 0) is 4.79 Å². The number of hydrogen-bond donors (Lipinski definition) is 1. The first-order chi connectivity index (χ1) is 7.67. The van der Waals surface area contributed by atoms with E-state index in [1.807, 2.05) is 0 Å². The predicted octanol–water partition coefficient (Wildman–Crippen LogP) is 4.48. The van der Waals surface area contributed by atoms with Gasteiger partial charge in [-0.25, -0.2) is 0 Å². The van der Waals surface area contributed by atoms with Gasteiger partial charge in [0.25, 0.3) is 0 Å². The zero-order valence-corrected chi connectivity index (χ0v) is 14.9. The second-order valence-electron chi connectivity index (χ2n) is 4.75. The Morgan fingerprint density at radius 3 is 2.06 bits per heavy atom. The molecule has 1 N–H and O–H groups in total. The average Bonchev–Trinajstić information content (AvgIpc) is 2.26. The van der Waals surface area contributed by atoms with Crippen LogP contribution in [0.1, 0.15) is 72.1 Å². The summed E-state index contributed by atoms with van der Waals surface area (Å²) in [5.74, 6) is -0.317. The van der Waals surface area contributed by atoms with E-state index >= 15 is 0 Å². The molecule has 0 saturated heterocycles. The minimum Gasteiger partial charge on any atom is -0.481 e. The molecule has 3 heteroatoms. The Bertz CT molecular complexity index is 183. The molecule has 0 aromatic carbocycles. The first kappa shape index (κ1) is 20.1. The summed E-state index contributed by atoms with van der Waals surface area (Å²) in [6, 6.07) is 0. The largest absolute Gasteiger partial charge is 0.481 e. The van der Waals surface area contributed by atoms with E-state index in [0.29, 0.717) is 5.92 Å². The van der Waals surface area contributed by atoms with E-state index in [-0.39, 0.29) is 46.8 Å². The van der Waals surface area contributed by atoms with Gasteiger partial charge in [0.1, 0.15) is 0 Å². The molecular formula is C14H28NdO2. The fourth-order valence-corrected chi connectivity index (χ4v) is 2.41. The van der Waals surface area contributed by atoms with Gasteiger partial charge in [0.05, 0.1) is 5.92 Å². The minimum atomic E-state index is -0.586. The van der Waals surface area contributed by atoms with Gasteiger partial charge in [0.15, 0.2) is 0 Å². The Hall–Kier alpha value is 0.821. The van der Waals surface area contributed by atoms with Gasteiger partial charge in [-0.3, -0.25) is 4.79 Å². The number of carboxylic acid groups (broad SMARTS) is 1. The van der Waals surface area contributed by atoms with Crippen molar-refractivity contribution in [2.45, 2.75) is 72.1 Å². The molecule has 2 atom stereocenters. The van der Waals surface area contributed by atoms with E-state index in [1.165, 1.54) is 19.3 Å². The number of hydrogen-bond acceptors (Lipinski definition) is 1. The number of carboxylic acids is 1. The summed E-state index contributed by atoms with van der Waals surface area (Å²) < 4.78 is 0. The van der Waals surface area contributed by atoms with E-state index in [4.69, 9.17) is 0 Å². The topological polar surface area (TPSA) is 37.3 Å². The molecule has 0 amide bonds. The van der Waals surface area contributed by atoms with Crippen LogP contribution in [0, 0.1) is 52.7 Å². The Morgan fingerprint density at radius 1 is 1.00 bits per heavy atom. The second kappa shape index (κ2) is 13.3. The van der Waals surface area contributed by atoms with Crippen molar-refractivity contribution in [2.24, 2.45) is 11.8 Å². The number of rotatable bonds is 10. The summed E-state index contributed by atoms with van der Waals surface area (Å²) in [4.78, 5) is 11.2. The molecule has 2 unspecified atom stereocenters. The third-order valence-corrected chi connectivity index (χ3v) is 3.44. The molecule has 2 nitrogen and oxygen atoms in total. The van der Waals surface area contributed by atoms with Gasteiger partial charge >= 0.3 is 5.97 Å². The first-order valence-corrected chi connectivity index (χ1v) is 6.90. The third-order valence-electron chi connectivity index (χ3n) is 3.44. The quantitative estimate of drug-likeness (QED) is 0.574. The van der Waals surface area contributed by atoms with Gasteiger partial charge < -0.3 is 5.11 Å². The van der Waals surface area contributed by atoms with Crippen LogP contribution in [0.2, 0.25) is 0 Å². The molecule has 0 aromatic rings. The maximum Gasteiger partial charge on any atom is 0.306 e. The van der Waals surface area contributed by atoms with Crippen molar-refractivity contribution < 1.29 is 50.7 Å². The van der Waals surface area contributed by atoms with Crippen LogP contribution in [0.15, 0.2) is 0 Å². The molecule has 0 aliphatic rings. The third kappa shape index (κ3) is 9.40. The number of carbonyl (C=O) groups is 1. The van der Waals surface area contributed by atoms with Gasteiger partial charge in [-0.1, -0.05) is 59.3 Å². The molecule has 0 radical (unpaired) electrons. The Balaban J connectivity index is 0. The van der Waals surface area contributed by atoms with Crippen LogP contribution in [0.25, 0.3) is 0 Å². The normalized spacial score (nSPS) is 13.8. The van der Waals surface area contributed by atoms with Crippen LogP contribution < -0.4 is 0 Å². The number of aliphatic carboxylic acids is 1. The van der Waals surface area contributed by atoms with E-state index in [1.54, 1.807) is 0 Å². The van der Waals surface area contributed by atoms with Crippen LogP contribution in [0.4, 0.5) is 0 Å². The Kier molecular flexibility index (Phi) is 15.7. The van der Waals surface area contributed by atoms with Crippen molar-refractivity contribution in [2.75, 3.05) is 0 Å². The van der Waals surface area contributed by atoms with E-state index in [2.05, 4.69) is 20.8 Å². The molecule has 100 valence electrons. The standard InChI is InChI=1S/C14H28O2.Nd/c1-4-7-8-9-11-13(14(15)16)12(6-3)10-5-2;/h12-13H,4-11H2,1-3H3,(H,15,16);. The first-order valence-electron chi connectivity index (χ1n) is 6.90. The fraction of sp³-hybridized carbons (Fsp3) is 0.929. The average molecular weight is 373 g/mol. The van der Waals surface area contributed by atoms with E-state index < -0.39 is 5.97 Å². The van der Waals surface area contributed by atoms with Crippen molar-refractivity contribution in [3.05, 3.63) is 0 Å². The molecule has 0 aliphatic heterocycles. The molecule has 0 bridgehead atoms. The number of unbranched alkanes of at least 4 members (excludes halogenated alkanes) is 3. The van der Waals surface area contributed by atoms with Gasteiger partial charge in [0.2, 0.25) is 0 Å². The smallest absolute Gasteiger partial charge is 0.306 e. The molecule has 0 aromatic heterocycles. The monoisotopic (exact) mass is 370 g/mol. The van der Waals surface area contributed by atoms with Gasteiger partial charge in [0, 0.05) is 40.8 Å². The van der Waals surface area contributed by atoms with Gasteiger partial charge in [-0.15, -0.1) is 0 Å². The summed E-state index contributed by atoms with van der Waals surface area (Å²) in [5, 5.41) is 9.26. The Morgan fingerprint density at radius 2 is 1.65 bits per heavy atom. The Labute approximate surface area is 139 Å². The summed E-state index contributed by atoms with van der Waals surface area (Å²) >= 11 is 0. The molecule has 0 heterocycles. The van der Waals surface area contributed by atoms with Crippen LogP contribution >= 0.6 is 0 Å². The molecule has 17 heavy (non-hydrogen) atoms. The maximum atomic E-state index is 11.2. The van der Waals surface area contributed by atoms with Crippen molar-refractivity contribution in [3.63, 3.8) is 0 Å². The van der Waals surface area contributed by atoms with Crippen molar-refractivity contribution in [1.29, 1.82) is 0 Å². The van der Waals surface area contributed by atoms with Crippen LogP contribution in [0.5, 0.6) is 0 Å². The second-order valence-corrected chi connectivity index (χ2v) is 4.75. The zero-order valence-electron chi connectivity index (χ0n) is 11.7. The van der Waals surface area contributed by atoms with Gasteiger partial charge in [-0.05, 0) is 18.8 Å². The predicted molar refractivity (Wildman–Crippen MR) is 68.6 cm³/mol. The summed E-state index contributed by atoms with van der Waals surface area (Å²) in [5.41, 5.74) is 0. The molecule has 0 saturated carbocycles. The molecule has 0 aliphatic carbocycles. The van der Waals surface area contributed by atoms with Crippen LogP contribution in [-0.4, -0.2) is 11.1 Å². The molecule has 0 fully saturated rings. The molecule has 0 rings (SSSR count). The van der Waals surface area contributed by atoms with E-state index in [0.717, 1.165) is 32.1 Å². The summed E-state index contributed by atoms with van der Waals surface area (Å²) in [7, 11) is 0. The molecular weight excluding hydrogens is 344 g/mol. The van der Waals surface area contributed by atoms with Crippen molar-refractivity contribution >= 4 is 5.97 Å². The fourth-order valence-electron chi connectivity index (χ4n) is 2.41. The van der Waals surface area contributed by atoms with Crippen molar-refractivity contribution in [3.8, 4) is 0 Å². The van der Waals surface area contributed by atoms with Crippen molar-refractivity contribution in [1.82, 2.24) is 0 Å². The summed E-state index contributed by atoms with van der Waals surface area (Å²) in [6.07, 6.45) is 8.72. The summed E-state index contributed by atoms with van der Waals surface area (Å²) in [6.45, 7) is 6.43. The zero-order chi connectivity index (χ0) is 12.4.